The number of anilines is 1. The lowest BCUT2D eigenvalue weighted by Crippen LogP contribution is -2.03. The predicted molar refractivity (Wildman–Crippen MR) is 67.8 cm³/mol. The Balaban J connectivity index is 2.14. The van der Waals surface area contributed by atoms with Gasteiger partial charge in [-0.05, 0) is 31.0 Å². The lowest BCUT2D eigenvalue weighted by molar-refractivity contribution is 0.764. The molecule has 0 spiro atoms. The van der Waals surface area contributed by atoms with Crippen molar-refractivity contribution in [3.05, 3.63) is 33.9 Å². The number of benzene rings is 1. The highest BCUT2D eigenvalue weighted by atomic mass is 35.5. The van der Waals surface area contributed by atoms with Crippen molar-refractivity contribution in [3.63, 3.8) is 0 Å². The third-order valence-electron chi connectivity index (χ3n) is 2.83. The molecule has 17 heavy (non-hydrogen) atoms. The van der Waals surface area contributed by atoms with Crippen molar-refractivity contribution in [1.82, 2.24) is 15.0 Å². The van der Waals surface area contributed by atoms with E-state index in [9.17, 15) is 0 Å². The first-order valence-electron chi connectivity index (χ1n) is 5.33. The zero-order valence-corrected chi connectivity index (χ0v) is 10.4. The fourth-order valence-corrected chi connectivity index (χ4v) is 2.36. The number of nitrogens with two attached hydrogens (primary N) is 1. The van der Waals surface area contributed by atoms with E-state index in [1.807, 2.05) is 6.07 Å². The molecule has 0 radical (unpaired) electrons. The first-order valence-corrected chi connectivity index (χ1v) is 6.09. The fourth-order valence-electron chi connectivity index (χ4n) is 1.87. The van der Waals surface area contributed by atoms with Crippen LogP contribution in [0.1, 0.15) is 24.5 Å². The summed E-state index contributed by atoms with van der Waals surface area (Å²) >= 11 is 12.0. The van der Waals surface area contributed by atoms with Crippen molar-refractivity contribution in [2.45, 2.75) is 18.8 Å². The summed E-state index contributed by atoms with van der Waals surface area (Å²) in [6, 6.07) is 5.29. The van der Waals surface area contributed by atoms with E-state index in [2.05, 4.69) is 10.3 Å². The molecule has 0 unspecified atom stereocenters. The van der Waals surface area contributed by atoms with E-state index >= 15 is 0 Å². The SMILES string of the molecule is Nc1nnn(-c2ccc(Cl)cc2Cl)c1C1CC1. The largest absolute Gasteiger partial charge is 0.381 e. The van der Waals surface area contributed by atoms with Crippen LogP contribution in [0.2, 0.25) is 10.0 Å². The van der Waals surface area contributed by atoms with Gasteiger partial charge in [-0.2, -0.15) is 0 Å². The van der Waals surface area contributed by atoms with Gasteiger partial charge in [0.25, 0.3) is 0 Å². The Hall–Kier alpha value is -1.26. The molecule has 1 fully saturated rings. The molecule has 1 heterocycles. The molecule has 2 N–H and O–H groups in total. The van der Waals surface area contributed by atoms with Gasteiger partial charge in [-0.15, -0.1) is 5.10 Å². The van der Waals surface area contributed by atoms with Gasteiger partial charge in [-0.3, -0.25) is 0 Å². The summed E-state index contributed by atoms with van der Waals surface area (Å²) in [6.45, 7) is 0. The lowest BCUT2D eigenvalue weighted by Gasteiger charge is -2.07. The van der Waals surface area contributed by atoms with E-state index in [1.165, 1.54) is 0 Å². The molecule has 1 saturated carbocycles. The van der Waals surface area contributed by atoms with Crippen molar-refractivity contribution < 1.29 is 0 Å². The minimum Gasteiger partial charge on any atom is -0.381 e. The van der Waals surface area contributed by atoms with Crippen LogP contribution < -0.4 is 5.73 Å². The molecule has 1 aromatic heterocycles. The molecular weight excluding hydrogens is 259 g/mol. The first-order chi connectivity index (χ1) is 8.16. The van der Waals surface area contributed by atoms with Crippen molar-refractivity contribution >= 4 is 29.0 Å². The van der Waals surface area contributed by atoms with Crippen LogP contribution in [0.5, 0.6) is 0 Å². The second-order valence-corrected chi connectivity index (χ2v) is 4.99. The number of halogens is 2. The zero-order chi connectivity index (χ0) is 12.0. The molecular formula is C11H10Cl2N4. The summed E-state index contributed by atoms with van der Waals surface area (Å²) in [6.07, 6.45) is 2.26. The molecule has 6 heteroatoms. The lowest BCUT2D eigenvalue weighted by atomic mass is 10.2. The number of nitrogens with zero attached hydrogens (tertiary/aromatic N) is 3. The van der Waals surface area contributed by atoms with Gasteiger partial charge in [0.05, 0.1) is 16.4 Å². The van der Waals surface area contributed by atoms with Crippen LogP contribution in [0.4, 0.5) is 5.82 Å². The summed E-state index contributed by atoms with van der Waals surface area (Å²) in [5, 5.41) is 9.11. The van der Waals surface area contributed by atoms with Gasteiger partial charge in [-0.25, -0.2) is 4.68 Å². The minimum absolute atomic E-state index is 0.455. The molecule has 0 amide bonds. The van der Waals surface area contributed by atoms with Gasteiger partial charge in [0.1, 0.15) is 0 Å². The fraction of sp³-hybridized carbons (Fsp3) is 0.273. The maximum Gasteiger partial charge on any atom is 0.169 e. The van der Waals surface area contributed by atoms with Gasteiger partial charge in [0.15, 0.2) is 5.82 Å². The van der Waals surface area contributed by atoms with Crippen LogP contribution in [0.15, 0.2) is 18.2 Å². The average molecular weight is 269 g/mol. The highest BCUT2D eigenvalue weighted by Crippen LogP contribution is 2.43. The smallest absolute Gasteiger partial charge is 0.169 e. The van der Waals surface area contributed by atoms with Crippen molar-refractivity contribution in [2.24, 2.45) is 0 Å². The average Bonchev–Trinajstić information content (AvgIpc) is 3.03. The Morgan fingerprint density at radius 1 is 1.29 bits per heavy atom. The Kier molecular flexibility index (Phi) is 2.49. The van der Waals surface area contributed by atoms with E-state index in [4.69, 9.17) is 28.9 Å². The van der Waals surface area contributed by atoms with Gasteiger partial charge in [0, 0.05) is 10.9 Å². The first kappa shape index (κ1) is 10.9. The van der Waals surface area contributed by atoms with Crippen LogP contribution in [0, 0.1) is 0 Å². The van der Waals surface area contributed by atoms with Crippen LogP contribution in [-0.2, 0) is 0 Å². The predicted octanol–water partition coefficient (Wildman–Crippen LogP) is 3.03. The second kappa shape index (κ2) is 3.89. The van der Waals surface area contributed by atoms with E-state index in [-0.39, 0.29) is 0 Å². The molecule has 0 bridgehead atoms. The highest BCUT2D eigenvalue weighted by Gasteiger charge is 2.31. The normalized spacial score (nSPS) is 15.2. The number of nitrogen functional groups attached to an aromatic ring is 1. The van der Waals surface area contributed by atoms with Crippen LogP contribution in [-0.4, -0.2) is 15.0 Å². The standard InChI is InChI=1S/C11H10Cl2N4/c12-7-3-4-9(8(13)5-7)17-10(6-1-2-6)11(14)15-16-17/h3-6H,1-2,14H2. The zero-order valence-electron chi connectivity index (χ0n) is 8.90. The van der Waals surface area contributed by atoms with E-state index in [0.717, 1.165) is 24.2 Å². The van der Waals surface area contributed by atoms with Gasteiger partial charge in [0.2, 0.25) is 0 Å². The Morgan fingerprint density at radius 2 is 2.06 bits per heavy atom. The number of aromatic nitrogens is 3. The summed E-state index contributed by atoms with van der Waals surface area (Å²) in [4.78, 5) is 0. The third kappa shape index (κ3) is 1.87. The molecule has 1 aliphatic rings. The number of rotatable bonds is 2. The van der Waals surface area contributed by atoms with Crippen LogP contribution in [0.3, 0.4) is 0 Å². The minimum atomic E-state index is 0.455. The summed E-state index contributed by atoms with van der Waals surface area (Å²) < 4.78 is 1.71. The van der Waals surface area contributed by atoms with Gasteiger partial charge >= 0.3 is 0 Å². The van der Waals surface area contributed by atoms with Crippen molar-refractivity contribution in [2.75, 3.05) is 5.73 Å². The van der Waals surface area contributed by atoms with Gasteiger partial charge in [-0.1, -0.05) is 28.4 Å². The quantitative estimate of drug-likeness (QED) is 0.911. The maximum atomic E-state index is 6.16. The maximum absolute atomic E-state index is 6.16. The van der Waals surface area contributed by atoms with E-state index < -0.39 is 0 Å². The molecule has 4 nitrogen and oxygen atoms in total. The Bertz CT molecular complexity index is 575. The van der Waals surface area contributed by atoms with E-state index in [1.54, 1.807) is 16.8 Å². The number of hydrogen-bond donors (Lipinski definition) is 1. The second-order valence-electron chi connectivity index (χ2n) is 4.14. The summed E-state index contributed by atoms with van der Waals surface area (Å²) in [5.41, 5.74) is 7.55. The molecule has 3 rings (SSSR count). The summed E-state index contributed by atoms with van der Waals surface area (Å²) in [5.74, 6) is 0.940. The molecule has 0 aliphatic heterocycles. The molecule has 1 aliphatic carbocycles. The third-order valence-corrected chi connectivity index (χ3v) is 3.37. The Labute approximate surface area is 108 Å². The molecule has 0 saturated heterocycles. The summed E-state index contributed by atoms with van der Waals surface area (Å²) in [7, 11) is 0. The molecule has 0 atom stereocenters. The van der Waals surface area contributed by atoms with Crippen molar-refractivity contribution in [1.29, 1.82) is 0 Å². The van der Waals surface area contributed by atoms with Crippen LogP contribution in [0.25, 0.3) is 5.69 Å². The van der Waals surface area contributed by atoms with Gasteiger partial charge < -0.3 is 5.73 Å². The Morgan fingerprint density at radius 3 is 2.71 bits per heavy atom. The molecule has 2 aromatic rings. The van der Waals surface area contributed by atoms with Crippen molar-refractivity contribution in [3.8, 4) is 5.69 Å². The van der Waals surface area contributed by atoms with E-state index in [0.29, 0.717) is 21.8 Å². The molecule has 1 aromatic carbocycles. The number of hydrogen-bond acceptors (Lipinski definition) is 3. The molecule has 88 valence electrons. The monoisotopic (exact) mass is 268 g/mol. The highest BCUT2D eigenvalue weighted by molar-refractivity contribution is 6.35. The topological polar surface area (TPSA) is 56.7 Å². The van der Waals surface area contributed by atoms with Crippen LogP contribution >= 0.6 is 23.2 Å².